The third-order valence-electron chi connectivity index (χ3n) is 6.79. The number of urea groups is 1. The van der Waals surface area contributed by atoms with E-state index in [9.17, 15) is 23.1 Å². The van der Waals surface area contributed by atoms with Crippen LogP contribution in [0.5, 0.6) is 0 Å². The van der Waals surface area contributed by atoms with E-state index >= 15 is 4.39 Å². The first-order chi connectivity index (χ1) is 18.0. The van der Waals surface area contributed by atoms with E-state index < -0.39 is 30.4 Å². The molecule has 2 atom stereocenters. The zero-order valence-corrected chi connectivity index (χ0v) is 21.4. The highest BCUT2D eigenvalue weighted by atomic mass is 19.4. The highest BCUT2D eigenvalue weighted by Gasteiger charge is 2.36. The van der Waals surface area contributed by atoms with Crippen LogP contribution in [0, 0.1) is 18.7 Å². The molecule has 2 aliphatic heterocycles. The fourth-order valence-corrected chi connectivity index (χ4v) is 4.77. The first kappa shape index (κ1) is 27.9. The van der Waals surface area contributed by atoms with Gasteiger partial charge >= 0.3 is 12.2 Å². The number of nitrogens with zero attached hydrogens (tertiary/aromatic N) is 3. The summed E-state index contributed by atoms with van der Waals surface area (Å²) in [5, 5.41) is 15.3. The van der Waals surface area contributed by atoms with E-state index in [-0.39, 0.29) is 37.1 Å². The molecule has 1 aromatic heterocycles. The van der Waals surface area contributed by atoms with Crippen molar-refractivity contribution in [2.24, 2.45) is 5.92 Å². The number of hydrogen-bond acceptors (Lipinski definition) is 6. The van der Waals surface area contributed by atoms with Gasteiger partial charge in [0.25, 0.3) is 0 Å². The number of ether oxygens (including phenoxy) is 1. The van der Waals surface area contributed by atoms with Crippen LogP contribution in [0.15, 0.2) is 24.3 Å². The van der Waals surface area contributed by atoms with E-state index in [1.54, 1.807) is 31.2 Å². The number of anilines is 3. The molecule has 0 unspecified atom stereocenters. The number of alkyl halides is 3. The Morgan fingerprint density at radius 2 is 1.95 bits per heavy atom. The lowest BCUT2D eigenvalue weighted by Gasteiger charge is -2.29. The average Bonchev–Trinajstić information content (AvgIpc) is 3.33. The molecule has 2 aliphatic rings. The molecular formula is C26H33F4N5O3. The zero-order chi connectivity index (χ0) is 27.4. The number of carbonyl (C=O) groups is 1. The zero-order valence-electron chi connectivity index (χ0n) is 21.4. The highest BCUT2D eigenvalue weighted by Crippen LogP contribution is 2.35. The number of likely N-dealkylation sites (tertiary alicyclic amines) is 1. The van der Waals surface area contributed by atoms with Gasteiger partial charge in [-0.05, 0) is 55.5 Å². The van der Waals surface area contributed by atoms with Crippen LogP contribution in [0.3, 0.4) is 0 Å². The topological polar surface area (TPSA) is 90.0 Å². The van der Waals surface area contributed by atoms with Crippen LogP contribution in [0.1, 0.15) is 25.3 Å². The Morgan fingerprint density at radius 3 is 2.63 bits per heavy atom. The van der Waals surface area contributed by atoms with Gasteiger partial charge in [-0.25, -0.2) is 14.2 Å². The third-order valence-corrected chi connectivity index (χ3v) is 6.79. The summed E-state index contributed by atoms with van der Waals surface area (Å²) in [7, 11) is 0. The number of aromatic nitrogens is 1. The summed E-state index contributed by atoms with van der Waals surface area (Å²) >= 11 is 0. The fraction of sp³-hybridized carbons (Fsp3) is 0.538. The minimum absolute atomic E-state index is 0.0318. The second-order valence-corrected chi connectivity index (χ2v) is 9.90. The van der Waals surface area contributed by atoms with Gasteiger partial charge < -0.3 is 30.3 Å². The molecule has 2 amide bonds. The van der Waals surface area contributed by atoms with Crippen LogP contribution < -0.4 is 15.5 Å². The molecule has 0 spiro atoms. The van der Waals surface area contributed by atoms with Crippen LogP contribution in [0.4, 0.5) is 39.7 Å². The summed E-state index contributed by atoms with van der Waals surface area (Å²) in [6, 6.07) is 5.84. The van der Waals surface area contributed by atoms with Crippen molar-refractivity contribution in [1.82, 2.24) is 9.88 Å². The molecule has 8 nitrogen and oxygen atoms in total. The van der Waals surface area contributed by atoms with Gasteiger partial charge in [0.1, 0.15) is 5.82 Å². The molecule has 208 valence electrons. The monoisotopic (exact) mass is 539 g/mol. The molecule has 2 fully saturated rings. The number of rotatable bonds is 7. The predicted octanol–water partition coefficient (Wildman–Crippen LogP) is 4.63. The summed E-state index contributed by atoms with van der Waals surface area (Å²) in [6.07, 6.45) is -4.88. The van der Waals surface area contributed by atoms with Crippen LogP contribution in [0.25, 0.3) is 11.1 Å². The van der Waals surface area contributed by atoms with Gasteiger partial charge in [-0.1, -0.05) is 6.07 Å². The van der Waals surface area contributed by atoms with Gasteiger partial charge in [0.15, 0.2) is 11.6 Å². The number of aliphatic hydroxyl groups excluding tert-OH is 1. The van der Waals surface area contributed by atoms with Crippen molar-refractivity contribution < 1.29 is 32.2 Å². The number of carbonyl (C=O) groups excluding carboxylic acids is 1. The lowest BCUT2D eigenvalue weighted by Crippen LogP contribution is -2.37. The lowest BCUT2D eigenvalue weighted by molar-refractivity contribution is -0.143. The van der Waals surface area contributed by atoms with Crippen LogP contribution in [-0.2, 0) is 4.74 Å². The van der Waals surface area contributed by atoms with E-state index in [4.69, 9.17) is 4.74 Å². The molecule has 0 aliphatic carbocycles. The van der Waals surface area contributed by atoms with Crippen LogP contribution >= 0.6 is 0 Å². The fourth-order valence-electron chi connectivity index (χ4n) is 4.77. The van der Waals surface area contributed by atoms with E-state index in [0.29, 0.717) is 49.8 Å². The number of hydrogen-bond donors (Lipinski definition) is 3. The average molecular weight is 540 g/mol. The molecule has 0 bridgehead atoms. The van der Waals surface area contributed by atoms with E-state index in [1.807, 2.05) is 11.8 Å². The molecule has 3 heterocycles. The Bertz CT molecular complexity index is 1140. The summed E-state index contributed by atoms with van der Waals surface area (Å²) in [4.78, 5) is 20.4. The maximum absolute atomic E-state index is 15.9. The second-order valence-electron chi connectivity index (χ2n) is 9.90. The molecule has 38 heavy (non-hydrogen) atoms. The molecule has 2 aromatic rings. The van der Waals surface area contributed by atoms with Gasteiger partial charge in [-0.2, -0.15) is 13.2 Å². The smallest absolute Gasteiger partial charge is 0.389 e. The summed E-state index contributed by atoms with van der Waals surface area (Å²) in [5.74, 6) is -0.576. The molecule has 3 N–H and O–H groups in total. The number of pyridine rings is 1. The molecular weight excluding hydrogens is 506 g/mol. The standard InChI is InChI=1S/C26H33F4N5O3/c1-16-3-4-19(32-25(37)35-6-5-18(14-35)13-26(28,29)30)11-20(16)21-12-22(31-17(2)15-36)33-24(23(21)27)34-7-9-38-10-8-34/h3-4,11-12,17-18,36H,5-10,13-15H2,1-2H3,(H,31,33)(H,32,37)/t17-,18+/m1/s1. The Morgan fingerprint density at radius 1 is 1.21 bits per heavy atom. The minimum Gasteiger partial charge on any atom is -0.394 e. The van der Waals surface area contributed by atoms with Gasteiger partial charge in [0.2, 0.25) is 0 Å². The van der Waals surface area contributed by atoms with Crippen molar-refractivity contribution in [3.63, 3.8) is 0 Å². The number of nitrogens with one attached hydrogen (secondary N) is 2. The number of amides is 2. The van der Waals surface area contributed by atoms with E-state index in [0.717, 1.165) is 5.56 Å². The quantitative estimate of drug-likeness (QED) is 0.445. The predicted molar refractivity (Wildman–Crippen MR) is 137 cm³/mol. The Hall–Kier alpha value is -3.12. The molecule has 2 saturated heterocycles. The maximum Gasteiger partial charge on any atom is 0.389 e. The van der Waals surface area contributed by atoms with Gasteiger partial charge in [0, 0.05) is 49.9 Å². The third kappa shape index (κ3) is 6.84. The summed E-state index contributed by atoms with van der Waals surface area (Å²) in [6.45, 7) is 5.58. The highest BCUT2D eigenvalue weighted by molar-refractivity contribution is 5.91. The number of morpholine rings is 1. The van der Waals surface area contributed by atoms with Crippen molar-refractivity contribution in [2.75, 3.05) is 61.5 Å². The molecule has 0 saturated carbocycles. The molecule has 12 heteroatoms. The molecule has 1 aromatic carbocycles. The number of benzene rings is 1. The van der Waals surface area contributed by atoms with Gasteiger partial charge in [0.05, 0.1) is 19.8 Å². The number of aliphatic hydroxyl groups is 1. The van der Waals surface area contributed by atoms with E-state index in [2.05, 4.69) is 15.6 Å². The maximum atomic E-state index is 15.9. The van der Waals surface area contributed by atoms with Crippen molar-refractivity contribution in [1.29, 1.82) is 0 Å². The summed E-state index contributed by atoms with van der Waals surface area (Å²) in [5.41, 5.74) is 1.97. The van der Waals surface area contributed by atoms with Crippen molar-refractivity contribution in [3.8, 4) is 11.1 Å². The number of halogens is 4. The normalized spacial score (nSPS) is 19.0. The largest absolute Gasteiger partial charge is 0.394 e. The van der Waals surface area contributed by atoms with Crippen molar-refractivity contribution in [3.05, 3.63) is 35.6 Å². The summed E-state index contributed by atoms with van der Waals surface area (Å²) < 4.78 is 59.6. The first-order valence-corrected chi connectivity index (χ1v) is 12.7. The van der Waals surface area contributed by atoms with Crippen molar-refractivity contribution >= 4 is 23.4 Å². The Balaban J connectivity index is 1.60. The van der Waals surface area contributed by atoms with Crippen LogP contribution in [-0.4, -0.2) is 79.2 Å². The second kappa shape index (κ2) is 11.7. The van der Waals surface area contributed by atoms with E-state index in [1.165, 1.54) is 4.90 Å². The van der Waals surface area contributed by atoms with Gasteiger partial charge in [-0.15, -0.1) is 0 Å². The first-order valence-electron chi connectivity index (χ1n) is 12.7. The SMILES string of the molecule is Cc1ccc(NC(=O)N2CC[C@@H](CC(F)(F)F)C2)cc1-c1cc(N[C@H](C)CO)nc(N2CCOCC2)c1F. The Kier molecular flexibility index (Phi) is 8.61. The van der Waals surface area contributed by atoms with Gasteiger partial charge in [-0.3, -0.25) is 0 Å². The number of aryl methyl sites for hydroxylation is 1. The van der Waals surface area contributed by atoms with Crippen LogP contribution in [0.2, 0.25) is 0 Å². The minimum atomic E-state index is -4.26. The lowest BCUT2D eigenvalue weighted by atomic mass is 9.99. The molecule has 0 radical (unpaired) electrons. The van der Waals surface area contributed by atoms with Crippen molar-refractivity contribution in [2.45, 2.75) is 38.9 Å². The molecule has 4 rings (SSSR count). The Labute approximate surface area is 219 Å².